The molecule has 1 aromatic carbocycles. The highest BCUT2D eigenvalue weighted by Gasteiger charge is 2.32. The first-order valence-electron chi connectivity index (χ1n) is 9.36. The highest BCUT2D eigenvalue weighted by atomic mass is 32.2. The van der Waals surface area contributed by atoms with Crippen LogP contribution in [0.1, 0.15) is 17.5 Å². The van der Waals surface area contributed by atoms with E-state index in [1.54, 1.807) is 17.0 Å². The lowest BCUT2D eigenvalue weighted by atomic mass is 10.0. The number of sulfonamides is 1. The molecule has 160 valence electrons. The molecule has 1 N–H and O–H groups in total. The summed E-state index contributed by atoms with van der Waals surface area (Å²) in [5.74, 6) is 0.288. The molecule has 0 spiro atoms. The van der Waals surface area contributed by atoms with Crippen LogP contribution in [0.15, 0.2) is 41.4 Å². The van der Waals surface area contributed by atoms with Crippen LogP contribution < -0.4 is 10.2 Å². The van der Waals surface area contributed by atoms with Crippen LogP contribution in [0.4, 0.5) is 24.7 Å². The van der Waals surface area contributed by atoms with Crippen molar-refractivity contribution in [1.82, 2.24) is 9.29 Å². The maximum Gasteiger partial charge on any atom is 0.417 e. The van der Waals surface area contributed by atoms with E-state index in [2.05, 4.69) is 10.3 Å². The molecule has 11 heteroatoms. The van der Waals surface area contributed by atoms with Gasteiger partial charge >= 0.3 is 6.18 Å². The number of hydrogen-bond donors (Lipinski definition) is 1. The topological polar surface area (TPSA) is 82.6 Å². The summed E-state index contributed by atoms with van der Waals surface area (Å²) in [6.45, 7) is 1.02. The molecule has 30 heavy (non-hydrogen) atoms. The summed E-state index contributed by atoms with van der Waals surface area (Å²) in [6, 6.07) is 6.93. The van der Waals surface area contributed by atoms with Crippen LogP contribution in [0.2, 0.25) is 0 Å². The summed E-state index contributed by atoms with van der Waals surface area (Å²) in [6.07, 6.45) is -2.87. The number of fused-ring (bicyclic) bond motifs is 1. The van der Waals surface area contributed by atoms with Crippen LogP contribution in [-0.2, 0) is 27.4 Å². The molecule has 0 unspecified atom stereocenters. The molecule has 0 bridgehead atoms. The number of halogens is 3. The Morgan fingerprint density at radius 3 is 2.37 bits per heavy atom. The maximum absolute atomic E-state index is 13.0. The number of alkyl halides is 3. The van der Waals surface area contributed by atoms with Gasteiger partial charge in [0.2, 0.25) is 15.9 Å². The number of aryl methyl sites for hydroxylation is 1. The van der Waals surface area contributed by atoms with Gasteiger partial charge in [0.1, 0.15) is 5.82 Å². The molecule has 0 aliphatic carbocycles. The molecular weight excluding hydrogens is 421 g/mol. The number of piperazine rings is 1. The second-order valence-corrected chi connectivity index (χ2v) is 9.10. The second-order valence-electron chi connectivity index (χ2n) is 7.16. The number of amides is 1. The smallest absolute Gasteiger partial charge is 0.354 e. The normalized spacial score (nSPS) is 18.1. The van der Waals surface area contributed by atoms with Gasteiger partial charge < -0.3 is 10.2 Å². The summed E-state index contributed by atoms with van der Waals surface area (Å²) >= 11 is 0. The van der Waals surface area contributed by atoms with Gasteiger partial charge in [-0.2, -0.15) is 17.5 Å². The molecule has 0 saturated carbocycles. The average Bonchev–Trinajstić information content (AvgIpc) is 2.73. The molecule has 7 nitrogen and oxygen atoms in total. The Bertz CT molecular complexity index is 1060. The Hall–Kier alpha value is -2.66. The van der Waals surface area contributed by atoms with Crippen molar-refractivity contribution in [3.63, 3.8) is 0 Å². The molecule has 1 fully saturated rings. The van der Waals surface area contributed by atoms with E-state index >= 15 is 0 Å². The third-order valence-electron chi connectivity index (χ3n) is 5.25. The van der Waals surface area contributed by atoms with E-state index in [0.717, 1.165) is 17.8 Å². The number of pyridine rings is 1. The number of rotatable bonds is 3. The van der Waals surface area contributed by atoms with Crippen molar-refractivity contribution in [2.45, 2.75) is 23.9 Å². The summed E-state index contributed by atoms with van der Waals surface area (Å²) < 4.78 is 65.4. The zero-order valence-electron chi connectivity index (χ0n) is 15.8. The number of nitrogens with one attached hydrogen (secondary N) is 1. The molecular formula is C19H19F3N4O3S. The van der Waals surface area contributed by atoms with Gasteiger partial charge in [-0.15, -0.1) is 0 Å². The number of carbonyl (C=O) groups excluding carboxylic acids is 1. The molecule has 3 heterocycles. The Morgan fingerprint density at radius 1 is 1.00 bits per heavy atom. The predicted octanol–water partition coefficient (Wildman–Crippen LogP) is 2.50. The van der Waals surface area contributed by atoms with E-state index < -0.39 is 21.8 Å². The zero-order chi connectivity index (χ0) is 21.5. The van der Waals surface area contributed by atoms with Crippen molar-refractivity contribution in [3.8, 4) is 0 Å². The molecule has 0 radical (unpaired) electrons. The molecule has 2 aromatic rings. The van der Waals surface area contributed by atoms with Gasteiger partial charge in [-0.3, -0.25) is 4.79 Å². The van der Waals surface area contributed by atoms with Gasteiger partial charge in [0.25, 0.3) is 0 Å². The molecule has 0 atom stereocenters. The van der Waals surface area contributed by atoms with Gasteiger partial charge in [0.05, 0.1) is 10.5 Å². The van der Waals surface area contributed by atoms with Crippen LogP contribution in [-0.4, -0.2) is 49.8 Å². The van der Waals surface area contributed by atoms with E-state index in [9.17, 15) is 26.4 Å². The van der Waals surface area contributed by atoms with Crippen LogP contribution in [0, 0.1) is 0 Å². The van der Waals surface area contributed by atoms with Gasteiger partial charge in [0.15, 0.2) is 0 Å². The van der Waals surface area contributed by atoms with Crippen molar-refractivity contribution in [1.29, 1.82) is 0 Å². The zero-order valence-corrected chi connectivity index (χ0v) is 16.6. The van der Waals surface area contributed by atoms with E-state index in [-0.39, 0.29) is 23.9 Å². The fraction of sp³-hybridized carbons (Fsp3) is 0.368. The van der Waals surface area contributed by atoms with E-state index in [1.165, 1.54) is 16.4 Å². The molecule has 1 saturated heterocycles. The molecule has 2 aliphatic rings. The number of benzene rings is 1. The molecule has 1 amide bonds. The van der Waals surface area contributed by atoms with Crippen molar-refractivity contribution < 1.29 is 26.4 Å². The predicted molar refractivity (Wildman–Crippen MR) is 104 cm³/mol. The van der Waals surface area contributed by atoms with Gasteiger partial charge in [-0.25, -0.2) is 13.4 Å². The minimum Gasteiger partial charge on any atom is -0.354 e. The SMILES string of the molecule is O=C1CCc2cc(S(=O)(=O)N3CCN(c4ccc(C(F)(F)F)cn4)CC3)ccc2N1. The van der Waals surface area contributed by atoms with Crippen molar-refractivity contribution in [2.24, 2.45) is 0 Å². The lowest BCUT2D eigenvalue weighted by molar-refractivity contribution is -0.137. The summed E-state index contributed by atoms with van der Waals surface area (Å²) in [7, 11) is -3.72. The largest absolute Gasteiger partial charge is 0.417 e. The number of aromatic nitrogens is 1. The number of carbonyl (C=O) groups is 1. The quantitative estimate of drug-likeness (QED) is 0.793. The second kappa shape index (κ2) is 7.55. The van der Waals surface area contributed by atoms with Gasteiger partial charge in [-0.1, -0.05) is 0 Å². The maximum atomic E-state index is 13.0. The Labute approximate surface area is 171 Å². The first-order valence-corrected chi connectivity index (χ1v) is 10.8. The fourth-order valence-electron chi connectivity index (χ4n) is 3.57. The van der Waals surface area contributed by atoms with Crippen molar-refractivity contribution >= 4 is 27.4 Å². The Morgan fingerprint density at radius 2 is 1.73 bits per heavy atom. The van der Waals surface area contributed by atoms with Crippen molar-refractivity contribution in [2.75, 3.05) is 36.4 Å². The number of anilines is 2. The van der Waals surface area contributed by atoms with Gasteiger partial charge in [0, 0.05) is 44.5 Å². The first kappa shape index (κ1) is 20.6. The lowest BCUT2D eigenvalue weighted by Crippen LogP contribution is -2.49. The first-order chi connectivity index (χ1) is 14.1. The monoisotopic (exact) mass is 440 g/mol. The minimum atomic E-state index is -4.45. The van der Waals surface area contributed by atoms with Crippen LogP contribution in [0.5, 0.6) is 0 Å². The molecule has 1 aromatic heterocycles. The lowest BCUT2D eigenvalue weighted by Gasteiger charge is -2.34. The number of nitrogens with zero attached hydrogens (tertiary/aromatic N) is 3. The number of hydrogen-bond acceptors (Lipinski definition) is 5. The van der Waals surface area contributed by atoms with Crippen LogP contribution in [0.3, 0.4) is 0 Å². The Balaban J connectivity index is 1.45. The van der Waals surface area contributed by atoms with Crippen molar-refractivity contribution in [3.05, 3.63) is 47.7 Å². The molecule has 4 rings (SSSR count). The highest BCUT2D eigenvalue weighted by Crippen LogP contribution is 2.30. The third kappa shape index (κ3) is 3.99. The average molecular weight is 440 g/mol. The van der Waals surface area contributed by atoms with Crippen LogP contribution in [0.25, 0.3) is 0 Å². The summed E-state index contributed by atoms with van der Waals surface area (Å²) in [4.78, 5) is 17.3. The standard InChI is InChI=1S/C19H19F3N4O3S/c20-19(21,22)14-2-5-17(23-12-14)25-7-9-26(10-8-25)30(28,29)15-3-4-16-13(11-15)1-6-18(27)24-16/h2-5,11-12H,1,6-10H2,(H,24,27). The minimum absolute atomic E-state index is 0.0916. The van der Waals surface area contributed by atoms with Gasteiger partial charge in [-0.05, 0) is 42.3 Å². The summed E-state index contributed by atoms with van der Waals surface area (Å²) in [5.41, 5.74) is 0.586. The highest BCUT2D eigenvalue weighted by molar-refractivity contribution is 7.89. The summed E-state index contributed by atoms with van der Waals surface area (Å²) in [5, 5.41) is 2.72. The van der Waals surface area contributed by atoms with E-state index in [0.29, 0.717) is 37.4 Å². The fourth-order valence-corrected chi connectivity index (χ4v) is 5.04. The van der Waals surface area contributed by atoms with Crippen LogP contribution >= 0.6 is 0 Å². The molecule has 2 aliphatic heterocycles. The third-order valence-corrected chi connectivity index (χ3v) is 7.14. The Kier molecular flexibility index (Phi) is 5.18. The van der Waals surface area contributed by atoms with E-state index in [4.69, 9.17) is 0 Å². The van der Waals surface area contributed by atoms with E-state index in [1.807, 2.05) is 0 Å².